The zero-order valence-electron chi connectivity index (χ0n) is 9.95. The minimum absolute atomic E-state index is 0.0934. The number of nitrogens with two attached hydrogens (primary N) is 1. The molecular weight excluding hydrogens is 204 g/mol. The van der Waals surface area contributed by atoms with Crippen molar-refractivity contribution in [3.8, 4) is 0 Å². The third kappa shape index (κ3) is 2.38. The van der Waals surface area contributed by atoms with E-state index in [4.69, 9.17) is 10.5 Å². The molecule has 2 rings (SSSR count). The predicted molar refractivity (Wildman–Crippen MR) is 61.8 cm³/mol. The highest BCUT2D eigenvalue weighted by atomic mass is 16.5. The van der Waals surface area contributed by atoms with E-state index >= 15 is 0 Å². The van der Waals surface area contributed by atoms with Crippen molar-refractivity contribution >= 4 is 5.91 Å². The van der Waals surface area contributed by atoms with Gasteiger partial charge in [-0.05, 0) is 50.5 Å². The molecule has 0 bridgehead atoms. The van der Waals surface area contributed by atoms with Crippen LogP contribution in [0.5, 0.6) is 0 Å². The van der Waals surface area contributed by atoms with Crippen molar-refractivity contribution in [2.45, 2.75) is 44.2 Å². The van der Waals surface area contributed by atoms with Crippen molar-refractivity contribution in [2.24, 2.45) is 17.6 Å². The number of carbonyl (C=O) groups is 1. The first kappa shape index (κ1) is 11.9. The third-order valence-corrected chi connectivity index (χ3v) is 4.23. The fourth-order valence-electron chi connectivity index (χ4n) is 3.30. The van der Waals surface area contributed by atoms with E-state index in [-0.39, 0.29) is 11.9 Å². The van der Waals surface area contributed by atoms with Crippen LogP contribution in [0.15, 0.2) is 0 Å². The predicted octanol–water partition coefficient (Wildman–Crippen LogP) is 0.655. The Morgan fingerprint density at radius 1 is 1.25 bits per heavy atom. The highest BCUT2D eigenvalue weighted by Gasteiger charge is 2.38. The number of hydrogen-bond acceptors (Lipinski definition) is 3. The molecule has 0 unspecified atom stereocenters. The van der Waals surface area contributed by atoms with E-state index in [1.165, 1.54) is 12.8 Å². The average molecular weight is 226 g/mol. The fourth-order valence-corrected chi connectivity index (χ4v) is 3.30. The maximum absolute atomic E-state index is 11.3. The number of ether oxygens (including phenoxy) is 1. The number of amides is 1. The van der Waals surface area contributed by atoms with Crippen LogP contribution in [0.25, 0.3) is 0 Å². The van der Waals surface area contributed by atoms with E-state index in [0.29, 0.717) is 17.9 Å². The van der Waals surface area contributed by atoms with E-state index < -0.39 is 0 Å². The molecule has 4 heteroatoms. The van der Waals surface area contributed by atoms with Gasteiger partial charge in [-0.25, -0.2) is 0 Å². The Hall–Kier alpha value is -0.610. The van der Waals surface area contributed by atoms with Crippen LogP contribution in [0.1, 0.15) is 32.1 Å². The molecule has 0 aromatic heterocycles. The molecule has 3 N–H and O–H groups in total. The fraction of sp³-hybridized carbons (Fsp3) is 0.917. The van der Waals surface area contributed by atoms with Crippen LogP contribution < -0.4 is 11.1 Å². The van der Waals surface area contributed by atoms with Gasteiger partial charge in [0.2, 0.25) is 5.91 Å². The summed E-state index contributed by atoms with van der Waals surface area (Å²) in [5, 5.41) is 3.22. The first-order valence-corrected chi connectivity index (χ1v) is 6.28. The first-order valence-electron chi connectivity index (χ1n) is 6.28. The summed E-state index contributed by atoms with van der Waals surface area (Å²) in [5.74, 6) is 0.922. The summed E-state index contributed by atoms with van der Waals surface area (Å²) in [6.07, 6.45) is 6.13. The molecule has 2 fully saturated rings. The summed E-state index contributed by atoms with van der Waals surface area (Å²) < 4.78 is 5.37. The molecule has 16 heavy (non-hydrogen) atoms. The quantitative estimate of drug-likeness (QED) is 0.743. The van der Waals surface area contributed by atoms with Crippen molar-refractivity contribution in [3.63, 3.8) is 0 Å². The minimum atomic E-state index is -0.184. The second kappa shape index (κ2) is 5.15. The number of methoxy groups -OCH3 is 1. The number of hydrogen-bond donors (Lipinski definition) is 2. The van der Waals surface area contributed by atoms with Crippen LogP contribution in [0, 0.1) is 11.8 Å². The molecule has 1 amide bonds. The van der Waals surface area contributed by atoms with E-state index in [9.17, 15) is 4.79 Å². The summed E-state index contributed by atoms with van der Waals surface area (Å²) in [7, 11) is 1.79. The summed E-state index contributed by atoms with van der Waals surface area (Å²) in [6.45, 7) is 0.933. The molecule has 1 saturated carbocycles. The van der Waals surface area contributed by atoms with Gasteiger partial charge >= 0.3 is 0 Å². The number of carbonyl (C=O) groups excluding carboxylic acids is 1. The third-order valence-electron chi connectivity index (χ3n) is 4.23. The van der Waals surface area contributed by atoms with Crippen LogP contribution in [-0.2, 0) is 9.53 Å². The summed E-state index contributed by atoms with van der Waals surface area (Å²) in [5.41, 5.74) is 5.42. The van der Waals surface area contributed by atoms with Gasteiger partial charge in [0.25, 0.3) is 0 Å². The van der Waals surface area contributed by atoms with Gasteiger partial charge in [-0.1, -0.05) is 0 Å². The molecule has 2 atom stereocenters. The molecule has 0 radical (unpaired) electrons. The largest absolute Gasteiger partial charge is 0.381 e. The Balaban J connectivity index is 1.90. The maximum atomic E-state index is 11.3. The van der Waals surface area contributed by atoms with E-state index in [1.807, 2.05) is 0 Å². The van der Waals surface area contributed by atoms with E-state index in [2.05, 4.69) is 5.32 Å². The second-order valence-corrected chi connectivity index (χ2v) is 5.06. The average Bonchev–Trinajstić information content (AvgIpc) is 2.78. The Morgan fingerprint density at radius 2 is 1.94 bits per heavy atom. The molecule has 0 aromatic rings. The second-order valence-electron chi connectivity index (χ2n) is 5.06. The van der Waals surface area contributed by atoms with Gasteiger partial charge in [0, 0.05) is 7.11 Å². The first-order chi connectivity index (χ1) is 7.72. The molecule has 1 saturated heterocycles. The minimum Gasteiger partial charge on any atom is -0.381 e. The van der Waals surface area contributed by atoms with Crippen molar-refractivity contribution < 1.29 is 9.53 Å². The lowest BCUT2D eigenvalue weighted by Crippen LogP contribution is -2.43. The van der Waals surface area contributed by atoms with Gasteiger partial charge in [-0.2, -0.15) is 0 Å². The lowest BCUT2D eigenvalue weighted by Gasteiger charge is -2.33. The van der Waals surface area contributed by atoms with Crippen molar-refractivity contribution in [3.05, 3.63) is 0 Å². The summed E-state index contributed by atoms with van der Waals surface area (Å²) >= 11 is 0. The van der Waals surface area contributed by atoms with Crippen LogP contribution in [0.2, 0.25) is 0 Å². The van der Waals surface area contributed by atoms with Crippen LogP contribution in [0.3, 0.4) is 0 Å². The molecule has 2 aliphatic rings. The Bertz CT molecular complexity index is 249. The Morgan fingerprint density at radius 3 is 2.50 bits per heavy atom. The smallest absolute Gasteiger partial charge is 0.234 e. The van der Waals surface area contributed by atoms with Crippen LogP contribution in [0.4, 0.5) is 0 Å². The SMILES string of the molecule is COC1CCC([C@H]2CCN[C@H]2C(N)=O)CC1. The molecular formula is C12H22N2O2. The summed E-state index contributed by atoms with van der Waals surface area (Å²) in [6, 6.07) is -0.0934. The van der Waals surface area contributed by atoms with Gasteiger partial charge in [0.05, 0.1) is 12.1 Å². The lowest BCUT2D eigenvalue weighted by molar-refractivity contribution is -0.121. The van der Waals surface area contributed by atoms with Gasteiger partial charge in [0.15, 0.2) is 0 Å². The van der Waals surface area contributed by atoms with Crippen molar-refractivity contribution in [1.29, 1.82) is 0 Å². The monoisotopic (exact) mass is 226 g/mol. The highest BCUT2D eigenvalue weighted by Crippen LogP contribution is 2.36. The molecule has 1 aliphatic heterocycles. The van der Waals surface area contributed by atoms with E-state index in [1.54, 1.807) is 7.11 Å². The molecule has 4 nitrogen and oxygen atoms in total. The normalized spacial score (nSPS) is 39.8. The van der Waals surface area contributed by atoms with Gasteiger partial charge < -0.3 is 15.8 Å². The molecule has 1 heterocycles. The Labute approximate surface area is 96.9 Å². The van der Waals surface area contributed by atoms with Crippen molar-refractivity contribution in [1.82, 2.24) is 5.32 Å². The Kier molecular flexibility index (Phi) is 3.82. The number of rotatable bonds is 3. The van der Waals surface area contributed by atoms with Crippen molar-refractivity contribution in [2.75, 3.05) is 13.7 Å². The number of primary amides is 1. The van der Waals surface area contributed by atoms with E-state index in [0.717, 1.165) is 25.8 Å². The molecule has 0 aromatic carbocycles. The molecule has 1 aliphatic carbocycles. The van der Waals surface area contributed by atoms with Gasteiger partial charge in [0.1, 0.15) is 0 Å². The van der Waals surface area contributed by atoms with Crippen LogP contribution >= 0.6 is 0 Å². The number of nitrogens with one attached hydrogen (secondary N) is 1. The standard InChI is InChI=1S/C12H22N2O2/c1-16-9-4-2-8(3-5-9)10-6-7-14-11(10)12(13)15/h8-11,14H,2-7H2,1H3,(H2,13,15)/t8?,9?,10-,11-/m1/s1. The maximum Gasteiger partial charge on any atom is 0.234 e. The van der Waals surface area contributed by atoms with Crippen LogP contribution in [-0.4, -0.2) is 31.7 Å². The van der Waals surface area contributed by atoms with Gasteiger partial charge in [-0.15, -0.1) is 0 Å². The topological polar surface area (TPSA) is 64.3 Å². The molecule has 92 valence electrons. The summed E-state index contributed by atoms with van der Waals surface area (Å²) in [4.78, 5) is 11.3. The van der Waals surface area contributed by atoms with Gasteiger partial charge in [-0.3, -0.25) is 4.79 Å². The molecule has 0 spiro atoms. The lowest BCUT2D eigenvalue weighted by atomic mass is 9.76. The zero-order valence-corrected chi connectivity index (χ0v) is 9.95. The zero-order chi connectivity index (χ0) is 11.5. The highest BCUT2D eigenvalue weighted by molar-refractivity contribution is 5.80.